The van der Waals surface area contributed by atoms with Crippen LogP contribution in [0.4, 0.5) is 0 Å². The molecular weight excluding hydrogens is 408 g/mol. The van der Waals surface area contributed by atoms with E-state index in [9.17, 15) is 14.7 Å². The highest BCUT2D eigenvalue weighted by atomic mass is 16.6. The van der Waals surface area contributed by atoms with Crippen molar-refractivity contribution in [2.24, 2.45) is 0 Å². The van der Waals surface area contributed by atoms with Crippen LogP contribution in [0.3, 0.4) is 0 Å². The second-order valence-corrected chi connectivity index (χ2v) is 7.67. The fraction of sp³-hybridized carbons (Fsp3) is 0.231. The van der Waals surface area contributed by atoms with E-state index in [1.807, 2.05) is 13.0 Å². The molecule has 1 N–H and O–H groups in total. The molecule has 0 saturated carbocycles. The Balaban J connectivity index is 1.91. The number of ether oxygens (including phenoxy) is 2. The van der Waals surface area contributed by atoms with E-state index in [2.05, 4.69) is 19.9 Å². The van der Waals surface area contributed by atoms with Crippen LogP contribution in [0, 0.1) is 0 Å². The number of hydrogen-bond acceptors (Lipinski definition) is 6. The lowest BCUT2D eigenvalue weighted by atomic mass is 10.1. The number of carbonyl (C=O) groups is 1. The normalized spacial score (nSPS) is 11.3. The minimum Gasteiger partial charge on any atom is -0.508 e. The number of aromatic hydroxyl groups is 1. The van der Waals surface area contributed by atoms with E-state index in [1.54, 1.807) is 30.3 Å². The van der Waals surface area contributed by atoms with Crippen LogP contribution >= 0.6 is 0 Å². The third-order valence-corrected chi connectivity index (χ3v) is 4.76. The summed E-state index contributed by atoms with van der Waals surface area (Å²) in [7, 11) is 0. The van der Waals surface area contributed by atoms with Gasteiger partial charge in [-0.25, -0.2) is 9.59 Å². The van der Waals surface area contributed by atoms with Crippen LogP contribution < -0.4 is 15.1 Å². The van der Waals surface area contributed by atoms with E-state index >= 15 is 0 Å². The molecule has 6 nitrogen and oxygen atoms in total. The Morgan fingerprint density at radius 2 is 1.78 bits per heavy atom. The summed E-state index contributed by atoms with van der Waals surface area (Å²) in [6.45, 7) is 6.22. The largest absolute Gasteiger partial charge is 0.508 e. The smallest absolute Gasteiger partial charge is 0.383 e. The zero-order chi connectivity index (χ0) is 23.1. The van der Waals surface area contributed by atoms with Gasteiger partial charge >= 0.3 is 11.6 Å². The molecule has 0 aliphatic heterocycles. The Bertz CT molecular complexity index is 1210. The molecule has 3 aromatic rings. The van der Waals surface area contributed by atoms with Gasteiger partial charge in [0.2, 0.25) is 5.75 Å². The summed E-state index contributed by atoms with van der Waals surface area (Å²) in [5.41, 5.74) is 1.99. The number of rotatable bonds is 8. The Morgan fingerprint density at radius 1 is 1.03 bits per heavy atom. The first kappa shape index (κ1) is 22.9. The zero-order valence-corrected chi connectivity index (χ0v) is 18.4. The molecule has 3 rings (SSSR count). The number of carbonyl (C=O) groups excluding carboxylic acids is 1. The van der Waals surface area contributed by atoms with Crippen molar-refractivity contribution in [3.8, 4) is 17.2 Å². The number of esters is 1. The zero-order valence-electron chi connectivity index (χ0n) is 18.4. The summed E-state index contributed by atoms with van der Waals surface area (Å²) >= 11 is 0. The van der Waals surface area contributed by atoms with Gasteiger partial charge in [-0.05, 0) is 64.0 Å². The molecule has 0 fully saturated rings. The van der Waals surface area contributed by atoms with Crippen LogP contribution in [0.25, 0.3) is 11.0 Å². The SMILES string of the molecule is CC(C)=CCCC(C)=CCOc1c(OC(=O)c2ccccc2)c2ccc(O)cc2oc1=O. The van der Waals surface area contributed by atoms with Crippen molar-refractivity contribution < 1.29 is 23.8 Å². The monoisotopic (exact) mass is 434 g/mol. The maximum atomic E-state index is 12.7. The Morgan fingerprint density at radius 3 is 2.50 bits per heavy atom. The van der Waals surface area contributed by atoms with Crippen molar-refractivity contribution in [3.05, 3.63) is 87.8 Å². The molecule has 0 unspecified atom stereocenters. The highest BCUT2D eigenvalue weighted by molar-refractivity contribution is 5.95. The van der Waals surface area contributed by atoms with Crippen molar-refractivity contribution in [2.45, 2.75) is 33.6 Å². The molecule has 2 aromatic carbocycles. The molecule has 166 valence electrons. The van der Waals surface area contributed by atoms with Crippen LogP contribution in [0.5, 0.6) is 17.2 Å². The van der Waals surface area contributed by atoms with Gasteiger partial charge in [0.05, 0.1) is 10.9 Å². The predicted molar refractivity (Wildman–Crippen MR) is 123 cm³/mol. The number of fused-ring (bicyclic) bond motifs is 1. The van der Waals surface area contributed by atoms with E-state index in [0.29, 0.717) is 10.9 Å². The molecule has 0 atom stereocenters. The highest BCUT2D eigenvalue weighted by Gasteiger charge is 2.21. The average Bonchev–Trinajstić information content (AvgIpc) is 2.75. The molecule has 1 aromatic heterocycles. The van der Waals surface area contributed by atoms with Crippen molar-refractivity contribution in [2.75, 3.05) is 6.61 Å². The van der Waals surface area contributed by atoms with Crippen LogP contribution in [-0.4, -0.2) is 17.7 Å². The molecule has 0 radical (unpaired) electrons. The summed E-state index contributed by atoms with van der Waals surface area (Å²) in [5.74, 6) is -0.949. The van der Waals surface area contributed by atoms with Crippen molar-refractivity contribution in [1.29, 1.82) is 0 Å². The van der Waals surface area contributed by atoms with Crippen LogP contribution in [0.1, 0.15) is 44.0 Å². The molecule has 6 heteroatoms. The molecule has 0 bridgehead atoms. The van der Waals surface area contributed by atoms with Crippen molar-refractivity contribution in [3.63, 3.8) is 0 Å². The molecule has 1 heterocycles. The fourth-order valence-electron chi connectivity index (χ4n) is 3.05. The minimum atomic E-state index is -0.797. The number of benzene rings is 2. The molecular formula is C26H26O6. The van der Waals surface area contributed by atoms with Gasteiger partial charge in [-0.15, -0.1) is 0 Å². The van der Waals surface area contributed by atoms with E-state index < -0.39 is 11.6 Å². The Labute approximate surface area is 186 Å². The second kappa shape index (κ2) is 10.5. The molecule has 0 aliphatic rings. The first-order chi connectivity index (χ1) is 15.3. The first-order valence-electron chi connectivity index (χ1n) is 10.3. The van der Waals surface area contributed by atoms with Crippen molar-refractivity contribution >= 4 is 16.9 Å². The van der Waals surface area contributed by atoms with E-state index in [-0.39, 0.29) is 29.4 Å². The van der Waals surface area contributed by atoms with Gasteiger partial charge in [-0.1, -0.05) is 35.4 Å². The molecule has 0 saturated heterocycles. The van der Waals surface area contributed by atoms with E-state index in [1.165, 1.54) is 23.8 Å². The molecule has 0 aliphatic carbocycles. The Hall–Kier alpha value is -3.80. The third-order valence-electron chi connectivity index (χ3n) is 4.76. The van der Waals surface area contributed by atoms with Crippen molar-refractivity contribution in [1.82, 2.24) is 0 Å². The van der Waals surface area contributed by atoms with E-state index in [4.69, 9.17) is 13.9 Å². The highest BCUT2D eigenvalue weighted by Crippen LogP contribution is 2.35. The molecule has 32 heavy (non-hydrogen) atoms. The lowest BCUT2D eigenvalue weighted by Gasteiger charge is -2.12. The maximum Gasteiger partial charge on any atom is 0.383 e. The van der Waals surface area contributed by atoms with Crippen LogP contribution in [0.15, 0.2) is 81.0 Å². The maximum absolute atomic E-state index is 12.7. The number of allylic oxidation sites excluding steroid dienone is 3. The van der Waals surface area contributed by atoms with Crippen LogP contribution in [0.2, 0.25) is 0 Å². The van der Waals surface area contributed by atoms with Gasteiger partial charge < -0.3 is 19.0 Å². The summed E-state index contributed by atoms with van der Waals surface area (Å²) in [5, 5.41) is 10.1. The number of phenolic OH excluding ortho intramolecular Hbond substituents is 1. The topological polar surface area (TPSA) is 86.0 Å². The minimum absolute atomic E-state index is 0.0410. The van der Waals surface area contributed by atoms with Crippen LogP contribution in [-0.2, 0) is 0 Å². The van der Waals surface area contributed by atoms with E-state index in [0.717, 1.165) is 18.4 Å². The quantitative estimate of drug-likeness (QED) is 0.274. The number of hydrogen-bond donors (Lipinski definition) is 1. The summed E-state index contributed by atoms with van der Waals surface area (Å²) in [6.07, 6.45) is 5.83. The van der Waals surface area contributed by atoms with Gasteiger partial charge in [-0.3, -0.25) is 0 Å². The predicted octanol–water partition coefficient (Wildman–Crippen LogP) is 5.79. The molecule has 0 amide bonds. The standard InChI is InChI=1S/C26H26O6/c1-17(2)8-7-9-18(3)14-15-30-24-23(32-25(28)19-10-5-4-6-11-19)21-13-12-20(27)16-22(21)31-26(24)29/h4-6,8,10-14,16,27H,7,9,15H2,1-3H3. The van der Waals surface area contributed by atoms with Gasteiger partial charge in [-0.2, -0.15) is 0 Å². The van der Waals surface area contributed by atoms with Gasteiger partial charge in [0.15, 0.2) is 5.75 Å². The lowest BCUT2D eigenvalue weighted by Crippen LogP contribution is -2.14. The summed E-state index contributed by atoms with van der Waals surface area (Å²) in [6, 6.07) is 12.6. The fourth-order valence-corrected chi connectivity index (χ4v) is 3.05. The summed E-state index contributed by atoms with van der Waals surface area (Å²) < 4.78 is 16.6. The summed E-state index contributed by atoms with van der Waals surface area (Å²) in [4.78, 5) is 25.3. The molecule has 0 spiro atoms. The third kappa shape index (κ3) is 5.88. The lowest BCUT2D eigenvalue weighted by molar-refractivity contribution is 0.0730. The first-order valence-corrected chi connectivity index (χ1v) is 10.3. The number of phenols is 1. The van der Waals surface area contributed by atoms with Gasteiger partial charge in [0.1, 0.15) is 17.9 Å². The average molecular weight is 434 g/mol. The van der Waals surface area contributed by atoms with Gasteiger partial charge in [0.25, 0.3) is 0 Å². The van der Waals surface area contributed by atoms with Gasteiger partial charge in [0, 0.05) is 6.07 Å². The Kier molecular flexibility index (Phi) is 7.49. The second-order valence-electron chi connectivity index (χ2n) is 7.67.